The number of carbonyl (C=O) groups excluding carboxylic acids is 4. The molecule has 1 atom stereocenters. The molecule has 3 aromatic carbocycles. The molecule has 0 aromatic heterocycles. The minimum Gasteiger partial charge on any atom is -0.426 e. The summed E-state index contributed by atoms with van der Waals surface area (Å²) < 4.78 is 5.48. The number of benzene rings is 3. The highest BCUT2D eigenvalue weighted by atomic mass is 35.5. The van der Waals surface area contributed by atoms with E-state index in [0.717, 1.165) is 16.5 Å². The van der Waals surface area contributed by atoms with E-state index in [2.05, 4.69) is 0 Å². The van der Waals surface area contributed by atoms with E-state index >= 15 is 0 Å². The van der Waals surface area contributed by atoms with Crippen molar-refractivity contribution in [2.24, 2.45) is 5.92 Å². The number of imide groups is 1. The van der Waals surface area contributed by atoms with Crippen molar-refractivity contribution in [1.29, 1.82) is 0 Å². The van der Waals surface area contributed by atoms with Gasteiger partial charge < -0.3 is 9.64 Å². The molecule has 0 saturated carbocycles. The maximum atomic E-state index is 13.0. The lowest BCUT2D eigenvalue weighted by Crippen LogP contribution is -2.29. The highest BCUT2D eigenvalue weighted by Crippen LogP contribution is 2.35. The molecule has 0 aliphatic carbocycles. The Bertz CT molecular complexity index is 1520. The highest BCUT2D eigenvalue weighted by Gasteiger charge is 2.42. The fourth-order valence-electron chi connectivity index (χ4n) is 4.40. The van der Waals surface area contributed by atoms with Gasteiger partial charge >= 0.3 is 5.97 Å². The van der Waals surface area contributed by atoms with Gasteiger partial charge in [-0.25, -0.2) is 4.90 Å². The third-order valence-electron chi connectivity index (χ3n) is 6.31. The van der Waals surface area contributed by atoms with Gasteiger partial charge in [-0.15, -0.1) is 0 Å². The number of rotatable bonds is 5. The number of aryl methyl sites for hydroxylation is 1. The van der Waals surface area contributed by atoms with Crippen LogP contribution in [0.4, 0.5) is 17.1 Å². The average molecular weight is 520 g/mol. The second kappa shape index (κ2) is 9.14. The quantitative estimate of drug-likeness (QED) is 0.161. The van der Waals surface area contributed by atoms with Crippen LogP contribution in [0.25, 0.3) is 0 Å². The molecule has 0 N–H and O–H groups in total. The maximum Gasteiger partial charge on any atom is 0.316 e. The first-order chi connectivity index (χ1) is 17.7. The van der Waals surface area contributed by atoms with Crippen molar-refractivity contribution in [2.75, 3.05) is 16.3 Å². The topological polar surface area (TPSA) is 127 Å². The van der Waals surface area contributed by atoms with Gasteiger partial charge in [0.15, 0.2) is 0 Å². The summed E-state index contributed by atoms with van der Waals surface area (Å²) in [5.41, 5.74) is 0.691. The SMILES string of the molecule is Cc1ccc(N2C[C@H](C(=O)Oc3cccc(N4C(=O)c5cccc([N+](=O)[O-])c5C4=O)c3)CC2=O)cc1Cl. The number of fused-ring (bicyclic) bond motifs is 1. The van der Waals surface area contributed by atoms with Gasteiger partial charge in [-0.2, -0.15) is 0 Å². The number of nitrogens with zero attached hydrogens (tertiary/aromatic N) is 3. The molecule has 5 rings (SSSR count). The molecule has 186 valence electrons. The first-order valence-corrected chi connectivity index (χ1v) is 11.6. The molecule has 37 heavy (non-hydrogen) atoms. The van der Waals surface area contributed by atoms with Gasteiger partial charge in [0.25, 0.3) is 17.5 Å². The molecular formula is C26H18ClN3O7. The number of nitro benzene ring substituents is 1. The van der Waals surface area contributed by atoms with Crippen LogP contribution >= 0.6 is 11.6 Å². The third kappa shape index (κ3) is 4.21. The van der Waals surface area contributed by atoms with Gasteiger partial charge in [-0.05, 0) is 42.8 Å². The van der Waals surface area contributed by atoms with Crippen molar-refractivity contribution in [1.82, 2.24) is 0 Å². The van der Waals surface area contributed by atoms with Gasteiger partial charge in [-0.3, -0.25) is 29.3 Å². The number of carbonyl (C=O) groups is 4. The van der Waals surface area contributed by atoms with Crippen molar-refractivity contribution in [3.05, 3.63) is 92.5 Å². The number of amides is 3. The van der Waals surface area contributed by atoms with Gasteiger partial charge in [-0.1, -0.05) is 29.8 Å². The highest BCUT2D eigenvalue weighted by molar-refractivity contribution is 6.35. The Hall–Kier alpha value is -4.57. The smallest absolute Gasteiger partial charge is 0.316 e. The Morgan fingerprint density at radius 2 is 1.78 bits per heavy atom. The third-order valence-corrected chi connectivity index (χ3v) is 6.72. The van der Waals surface area contributed by atoms with Crippen LogP contribution in [0.5, 0.6) is 5.75 Å². The largest absolute Gasteiger partial charge is 0.426 e. The first-order valence-electron chi connectivity index (χ1n) is 11.2. The number of esters is 1. The zero-order chi connectivity index (χ0) is 26.4. The van der Waals surface area contributed by atoms with Crippen LogP contribution in [0.2, 0.25) is 5.02 Å². The van der Waals surface area contributed by atoms with Crippen molar-refractivity contribution >= 4 is 52.4 Å². The Kier molecular flexibility index (Phi) is 5.96. The number of anilines is 2. The maximum absolute atomic E-state index is 13.0. The van der Waals surface area contributed by atoms with Crippen LogP contribution in [0.3, 0.4) is 0 Å². The van der Waals surface area contributed by atoms with Crippen LogP contribution in [-0.4, -0.2) is 35.2 Å². The molecule has 0 bridgehead atoms. The average Bonchev–Trinajstić information content (AvgIpc) is 3.38. The minimum atomic E-state index is -0.843. The van der Waals surface area contributed by atoms with E-state index in [-0.39, 0.29) is 41.4 Å². The normalized spacial score (nSPS) is 16.8. The lowest BCUT2D eigenvalue weighted by molar-refractivity contribution is -0.385. The number of nitro groups is 1. The molecule has 0 radical (unpaired) electrons. The standard InChI is InChI=1S/C26H18ClN3O7/c1-14-8-9-16(12-20(14)27)28-13-15(10-22(28)31)26(34)37-18-5-2-4-17(11-18)29-24(32)19-6-3-7-21(30(35)36)23(19)25(29)33/h2-9,11-12,15H,10,13H2,1H3/t15-/m1/s1. The van der Waals surface area contributed by atoms with Gasteiger partial charge in [0.1, 0.15) is 11.3 Å². The molecule has 0 unspecified atom stereocenters. The van der Waals surface area contributed by atoms with Gasteiger partial charge in [0, 0.05) is 35.8 Å². The van der Waals surface area contributed by atoms with E-state index in [1.165, 1.54) is 41.3 Å². The van der Waals surface area contributed by atoms with E-state index in [0.29, 0.717) is 10.7 Å². The van der Waals surface area contributed by atoms with E-state index in [1.807, 2.05) is 6.92 Å². The van der Waals surface area contributed by atoms with Crippen molar-refractivity contribution in [3.63, 3.8) is 0 Å². The summed E-state index contributed by atoms with van der Waals surface area (Å²) in [6.45, 7) is 1.95. The van der Waals surface area contributed by atoms with E-state index in [4.69, 9.17) is 16.3 Å². The molecule has 2 aliphatic heterocycles. The van der Waals surface area contributed by atoms with Crippen molar-refractivity contribution in [3.8, 4) is 5.75 Å². The number of halogens is 1. The zero-order valence-corrected chi connectivity index (χ0v) is 20.1. The fourth-order valence-corrected chi connectivity index (χ4v) is 4.58. The Balaban J connectivity index is 1.34. The summed E-state index contributed by atoms with van der Waals surface area (Å²) >= 11 is 6.17. The van der Waals surface area contributed by atoms with E-state index < -0.39 is 34.3 Å². The Morgan fingerprint density at radius 3 is 2.51 bits per heavy atom. The van der Waals surface area contributed by atoms with E-state index in [1.54, 1.807) is 18.2 Å². The molecule has 1 saturated heterocycles. The summed E-state index contributed by atoms with van der Waals surface area (Å²) in [5.74, 6) is -3.14. The van der Waals surface area contributed by atoms with Crippen LogP contribution in [0, 0.1) is 23.0 Å². The predicted molar refractivity (Wildman–Crippen MR) is 133 cm³/mol. The molecule has 10 nitrogen and oxygen atoms in total. The zero-order valence-electron chi connectivity index (χ0n) is 19.3. The second-order valence-electron chi connectivity index (χ2n) is 8.66. The molecule has 2 aliphatic rings. The Morgan fingerprint density at radius 1 is 1.03 bits per heavy atom. The van der Waals surface area contributed by atoms with Crippen molar-refractivity contribution < 1.29 is 28.8 Å². The molecule has 1 fully saturated rings. The summed E-state index contributed by atoms with van der Waals surface area (Å²) in [5, 5.41) is 11.9. The molecule has 0 spiro atoms. The molecule has 3 aromatic rings. The van der Waals surface area contributed by atoms with Crippen LogP contribution < -0.4 is 14.5 Å². The molecular weight excluding hydrogens is 502 g/mol. The summed E-state index contributed by atoms with van der Waals surface area (Å²) in [6.07, 6.45) is -0.0495. The lowest BCUT2D eigenvalue weighted by atomic mass is 10.1. The van der Waals surface area contributed by atoms with Crippen molar-refractivity contribution in [2.45, 2.75) is 13.3 Å². The summed E-state index contributed by atoms with van der Waals surface area (Å²) in [6, 6.07) is 14.8. The van der Waals surface area contributed by atoms with Crippen LogP contribution in [0.1, 0.15) is 32.7 Å². The second-order valence-corrected chi connectivity index (χ2v) is 9.07. The monoisotopic (exact) mass is 519 g/mol. The number of hydrogen-bond acceptors (Lipinski definition) is 7. The predicted octanol–water partition coefficient (Wildman–Crippen LogP) is 4.32. The minimum absolute atomic E-state index is 0.0495. The van der Waals surface area contributed by atoms with Crippen LogP contribution in [-0.2, 0) is 9.59 Å². The summed E-state index contributed by atoms with van der Waals surface area (Å²) in [7, 11) is 0. The van der Waals surface area contributed by atoms with E-state index in [9.17, 15) is 29.3 Å². The molecule has 11 heteroatoms. The van der Waals surface area contributed by atoms with Crippen LogP contribution in [0.15, 0.2) is 60.7 Å². The Labute approximate surface area is 215 Å². The first kappa shape index (κ1) is 24.1. The molecule has 3 amide bonds. The van der Waals surface area contributed by atoms with Gasteiger partial charge in [0.2, 0.25) is 5.91 Å². The molecule has 2 heterocycles. The fraction of sp³-hybridized carbons (Fsp3) is 0.154. The number of ether oxygens (including phenoxy) is 1. The lowest BCUT2D eigenvalue weighted by Gasteiger charge is -2.18. The van der Waals surface area contributed by atoms with Gasteiger partial charge in [0.05, 0.1) is 22.1 Å². The number of hydrogen-bond donors (Lipinski definition) is 0. The summed E-state index contributed by atoms with van der Waals surface area (Å²) in [4.78, 5) is 64.2.